The van der Waals surface area contributed by atoms with Gasteiger partial charge in [-0.15, -0.1) is 11.3 Å². The molecule has 2 aromatic carbocycles. The van der Waals surface area contributed by atoms with E-state index in [2.05, 4.69) is 41.4 Å². The van der Waals surface area contributed by atoms with Gasteiger partial charge in [0.1, 0.15) is 5.82 Å². The second-order valence-electron chi connectivity index (χ2n) is 9.45. The summed E-state index contributed by atoms with van der Waals surface area (Å²) in [5.74, 6) is 0.609. The summed E-state index contributed by atoms with van der Waals surface area (Å²) < 4.78 is 21.3. The van der Waals surface area contributed by atoms with Crippen LogP contribution in [0.1, 0.15) is 10.4 Å². The summed E-state index contributed by atoms with van der Waals surface area (Å²) in [6, 6.07) is 13.6. The molecule has 3 fully saturated rings. The van der Waals surface area contributed by atoms with E-state index in [9.17, 15) is 9.18 Å². The number of nitrogens with one attached hydrogen (secondary N) is 1. The summed E-state index contributed by atoms with van der Waals surface area (Å²) in [4.78, 5) is 18.7. The Labute approximate surface area is 197 Å². The Morgan fingerprint density at radius 3 is 2.64 bits per heavy atom. The first-order chi connectivity index (χ1) is 16.1. The fourth-order valence-corrected chi connectivity index (χ4v) is 6.83. The zero-order valence-corrected chi connectivity index (χ0v) is 19.5. The van der Waals surface area contributed by atoms with Gasteiger partial charge in [0.15, 0.2) is 0 Å². The van der Waals surface area contributed by atoms with E-state index >= 15 is 0 Å². The van der Waals surface area contributed by atoms with Gasteiger partial charge in [0.2, 0.25) is 5.91 Å². The first-order valence-corrected chi connectivity index (χ1v) is 12.5. The monoisotopic (exact) mass is 465 g/mol. The number of hydrogen-bond acceptors (Lipinski definition) is 5. The minimum absolute atomic E-state index is 0.0289. The number of halogens is 1. The minimum atomic E-state index is -0.296. The van der Waals surface area contributed by atoms with Gasteiger partial charge < -0.3 is 15.0 Å². The number of ether oxygens (including phenoxy) is 1. The molecular weight excluding hydrogens is 437 g/mol. The smallest absolute Gasteiger partial charge is 0.228 e. The number of thiophene rings is 1. The van der Waals surface area contributed by atoms with Gasteiger partial charge in [0.25, 0.3) is 0 Å². The average molecular weight is 466 g/mol. The van der Waals surface area contributed by atoms with Crippen LogP contribution < -0.4 is 10.2 Å². The van der Waals surface area contributed by atoms with Crippen molar-refractivity contribution in [1.29, 1.82) is 0 Å². The number of rotatable bonds is 5. The first kappa shape index (κ1) is 21.1. The fourth-order valence-electron chi connectivity index (χ4n) is 5.58. The molecule has 1 saturated carbocycles. The summed E-state index contributed by atoms with van der Waals surface area (Å²) in [5.41, 5.74) is 2.50. The van der Waals surface area contributed by atoms with E-state index in [0.717, 1.165) is 19.6 Å². The van der Waals surface area contributed by atoms with E-state index < -0.39 is 0 Å². The zero-order chi connectivity index (χ0) is 22.5. The lowest BCUT2D eigenvalue weighted by Gasteiger charge is -2.29. The maximum Gasteiger partial charge on any atom is 0.228 e. The number of carbonyl (C=O) groups excluding carboxylic acids is 1. The molecule has 3 aromatic rings. The second-order valence-corrected chi connectivity index (χ2v) is 10.6. The van der Waals surface area contributed by atoms with Crippen LogP contribution >= 0.6 is 11.3 Å². The Bertz CT molecular complexity index is 1190. The minimum Gasteiger partial charge on any atom is -0.378 e. The van der Waals surface area contributed by atoms with Gasteiger partial charge in [-0.1, -0.05) is 18.2 Å². The highest BCUT2D eigenvalue weighted by molar-refractivity contribution is 7.19. The molecule has 3 aliphatic rings. The van der Waals surface area contributed by atoms with Gasteiger partial charge in [0.05, 0.1) is 18.9 Å². The standard InChI is InChI=1S/C26H28FN3O2S/c1-16-18-4-2-3-5-23(18)33-24(16)15-29-13-19-20(14-29)25(19)26(31)28-17-6-7-22(21(27)12-17)30-8-10-32-11-9-30/h2-7,12,19-20,25H,8-11,13-15H2,1H3,(H,28,31). The van der Waals surface area contributed by atoms with Crippen LogP contribution in [0.3, 0.4) is 0 Å². The molecule has 2 atom stereocenters. The predicted molar refractivity (Wildman–Crippen MR) is 130 cm³/mol. The normalized spacial score (nSPS) is 24.8. The maximum absolute atomic E-state index is 14.7. The molecule has 172 valence electrons. The lowest BCUT2D eigenvalue weighted by atomic mass is 10.1. The summed E-state index contributed by atoms with van der Waals surface area (Å²) in [7, 11) is 0. The van der Waals surface area contributed by atoms with E-state index in [1.165, 1.54) is 26.6 Å². The number of amides is 1. The molecule has 6 rings (SSSR count). The van der Waals surface area contributed by atoms with Crippen LogP contribution in [-0.2, 0) is 16.1 Å². The molecule has 1 aromatic heterocycles. The number of morpholine rings is 1. The second kappa shape index (κ2) is 8.38. The van der Waals surface area contributed by atoms with Crippen molar-refractivity contribution >= 4 is 38.7 Å². The van der Waals surface area contributed by atoms with Gasteiger partial charge in [0, 0.05) is 53.9 Å². The quantitative estimate of drug-likeness (QED) is 0.603. The van der Waals surface area contributed by atoms with Crippen LogP contribution in [0.15, 0.2) is 42.5 Å². The number of nitrogens with zero attached hydrogens (tertiary/aromatic N) is 2. The van der Waals surface area contributed by atoms with Crippen LogP contribution in [0.2, 0.25) is 0 Å². The molecule has 7 heteroatoms. The molecule has 2 unspecified atom stereocenters. The van der Waals surface area contributed by atoms with E-state index in [1.54, 1.807) is 12.1 Å². The lowest BCUT2D eigenvalue weighted by molar-refractivity contribution is -0.118. The van der Waals surface area contributed by atoms with E-state index in [-0.39, 0.29) is 17.6 Å². The highest BCUT2D eigenvalue weighted by Crippen LogP contribution is 2.52. The number of piperidine rings is 1. The van der Waals surface area contributed by atoms with Gasteiger partial charge in [-0.3, -0.25) is 9.69 Å². The molecular formula is C26H28FN3O2S. The highest BCUT2D eigenvalue weighted by Gasteiger charge is 2.59. The topological polar surface area (TPSA) is 44.8 Å². The maximum atomic E-state index is 14.7. The summed E-state index contributed by atoms with van der Waals surface area (Å²) in [6.45, 7) is 7.69. The molecule has 5 nitrogen and oxygen atoms in total. The predicted octanol–water partition coefficient (Wildman–Crippen LogP) is 4.50. The van der Waals surface area contributed by atoms with Gasteiger partial charge in [-0.2, -0.15) is 0 Å². The Morgan fingerprint density at radius 1 is 1.15 bits per heavy atom. The van der Waals surface area contributed by atoms with Crippen LogP contribution in [0.25, 0.3) is 10.1 Å². The summed E-state index contributed by atoms with van der Waals surface area (Å²) in [5, 5.41) is 4.31. The van der Waals surface area contributed by atoms with Gasteiger partial charge >= 0.3 is 0 Å². The van der Waals surface area contributed by atoms with Crippen molar-refractivity contribution in [3.8, 4) is 0 Å². The van der Waals surface area contributed by atoms with Crippen molar-refractivity contribution in [3.05, 3.63) is 58.7 Å². The van der Waals surface area contributed by atoms with Crippen molar-refractivity contribution in [2.45, 2.75) is 13.5 Å². The third-order valence-corrected chi connectivity index (χ3v) is 8.71. The van der Waals surface area contributed by atoms with Crippen molar-refractivity contribution < 1.29 is 13.9 Å². The highest BCUT2D eigenvalue weighted by atomic mass is 32.1. The third-order valence-electron chi connectivity index (χ3n) is 7.45. The van der Waals surface area contributed by atoms with E-state index in [1.807, 2.05) is 16.2 Å². The molecule has 2 saturated heterocycles. The Kier molecular flexibility index (Phi) is 5.35. The number of carbonyl (C=O) groups is 1. The SMILES string of the molecule is Cc1c(CN2CC3C(C2)C3C(=O)Nc2ccc(N3CCOCC3)c(F)c2)sc2ccccc12. The fraction of sp³-hybridized carbons (Fsp3) is 0.423. The average Bonchev–Trinajstić information content (AvgIpc) is 3.17. The molecule has 0 bridgehead atoms. The number of likely N-dealkylation sites (tertiary alicyclic amines) is 1. The van der Waals surface area contributed by atoms with Crippen molar-refractivity contribution in [2.24, 2.45) is 17.8 Å². The van der Waals surface area contributed by atoms with Crippen LogP contribution in [0.5, 0.6) is 0 Å². The molecule has 33 heavy (non-hydrogen) atoms. The third kappa shape index (κ3) is 3.92. The number of benzene rings is 2. The Morgan fingerprint density at radius 2 is 1.91 bits per heavy atom. The number of aryl methyl sites for hydroxylation is 1. The van der Waals surface area contributed by atoms with Gasteiger partial charge in [-0.05, 0) is 54.0 Å². The van der Waals surface area contributed by atoms with Gasteiger partial charge in [-0.25, -0.2) is 4.39 Å². The largest absolute Gasteiger partial charge is 0.378 e. The van der Waals surface area contributed by atoms with E-state index in [4.69, 9.17) is 4.74 Å². The molecule has 3 heterocycles. The van der Waals surface area contributed by atoms with Crippen molar-refractivity contribution in [3.63, 3.8) is 0 Å². The number of anilines is 2. The Hall–Kier alpha value is -2.48. The molecule has 1 N–H and O–H groups in total. The lowest BCUT2D eigenvalue weighted by Crippen LogP contribution is -2.36. The Balaban J connectivity index is 1.05. The van der Waals surface area contributed by atoms with Crippen molar-refractivity contribution in [2.75, 3.05) is 49.6 Å². The summed E-state index contributed by atoms with van der Waals surface area (Å²) >= 11 is 1.88. The molecule has 1 amide bonds. The number of hydrogen-bond donors (Lipinski definition) is 1. The van der Waals surface area contributed by atoms with Crippen molar-refractivity contribution in [1.82, 2.24) is 4.90 Å². The molecule has 0 radical (unpaired) electrons. The van der Waals surface area contributed by atoms with Crippen LogP contribution in [-0.4, -0.2) is 50.2 Å². The van der Waals surface area contributed by atoms with E-state index in [0.29, 0.717) is 49.5 Å². The number of fused-ring (bicyclic) bond motifs is 2. The molecule has 0 spiro atoms. The molecule has 2 aliphatic heterocycles. The first-order valence-electron chi connectivity index (χ1n) is 11.7. The van der Waals surface area contributed by atoms with Crippen LogP contribution in [0.4, 0.5) is 15.8 Å². The summed E-state index contributed by atoms with van der Waals surface area (Å²) in [6.07, 6.45) is 0. The van der Waals surface area contributed by atoms with Crippen LogP contribution in [0, 0.1) is 30.5 Å². The zero-order valence-electron chi connectivity index (χ0n) is 18.7. The molecule has 1 aliphatic carbocycles.